The summed E-state index contributed by atoms with van der Waals surface area (Å²) in [4.78, 5) is 11.1. The summed E-state index contributed by atoms with van der Waals surface area (Å²) in [6.45, 7) is 2.42. The Morgan fingerprint density at radius 1 is 1.85 bits per heavy atom. The van der Waals surface area contributed by atoms with Gasteiger partial charge in [0.1, 0.15) is 5.84 Å². The van der Waals surface area contributed by atoms with Gasteiger partial charge in [0, 0.05) is 6.54 Å². The maximum Gasteiger partial charge on any atom is 0.343 e. The second-order valence-corrected chi connectivity index (χ2v) is 3.31. The lowest BCUT2D eigenvalue weighted by atomic mass is 10.7. The first-order chi connectivity index (χ1) is 6.15. The molecular formula is C6H11N5OS. The molecule has 13 heavy (non-hydrogen) atoms. The van der Waals surface area contributed by atoms with Gasteiger partial charge in [-0.05, 0) is 6.92 Å². The zero-order valence-corrected chi connectivity index (χ0v) is 8.02. The van der Waals surface area contributed by atoms with Crippen LogP contribution in [0.25, 0.3) is 0 Å². The second kappa shape index (κ2) is 4.13. The van der Waals surface area contributed by atoms with E-state index in [1.165, 1.54) is 16.3 Å². The molecule has 0 aromatic carbocycles. The number of aromatic amines is 1. The highest BCUT2D eigenvalue weighted by Gasteiger charge is 2.06. The number of H-pyrrole nitrogens is 1. The third kappa shape index (κ3) is 2.35. The Hall–Kier alpha value is -1.24. The molecule has 0 bridgehead atoms. The SMILES string of the molecule is CCn1c(SCC(=N)N)n[nH]c1=O. The highest BCUT2D eigenvalue weighted by Crippen LogP contribution is 2.11. The number of nitrogens with one attached hydrogen (secondary N) is 2. The molecule has 0 atom stereocenters. The van der Waals surface area contributed by atoms with Gasteiger partial charge in [0.2, 0.25) is 0 Å². The molecule has 0 radical (unpaired) electrons. The predicted molar refractivity (Wildman–Crippen MR) is 51.2 cm³/mol. The topological polar surface area (TPSA) is 101 Å². The van der Waals surface area contributed by atoms with Crippen molar-refractivity contribution in [3.8, 4) is 0 Å². The van der Waals surface area contributed by atoms with E-state index in [4.69, 9.17) is 11.1 Å². The predicted octanol–water partition coefficient (Wildman–Crippen LogP) is -0.381. The van der Waals surface area contributed by atoms with E-state index in [0.29, 0.717) is 17.5 Å². The van der Waals surface area contributed by atoms with Crippen LogP contribution < -0.4 is 11.4 Å². The minimum atomic E-state index is -0.228. The van der Waals surface area contributed by atoms with Crippen molar-refractivity contribution in [3.05, 3.63) is 10.5 Å². The molecule has 0 aliphatic carbocycles. The fourth-order valence-corrected chi connectivity index (χ4v) is 1.60. The number of hydrogen-bond acceptors (Lipinski definition) is 4. The van der Waals surface area contributed by atoms with E-state index in [1.807, 2.05) is 6.92 Å². The van der Waals surface area contributed by atoms with E-state index in [0.717, 1.165) is 0 Å². The van der Waals surface area contributed by atoms with Gasteiger partial charge >= 0.3 is 5.69 Å². The Kier molecular flexibility index (Phi) is 3.13. The minimum Gasteiger partial charge on any atom is -0.387 e. The molecule has 0 saturated carbocycles. The number of nitrogens with two attached hydrogens (primary N) is 1. The first-order valence-electron chi connectivity index (χ1n) is 3.76. The summed E-state index contributed by atoms with van der Waals surface area (Å²) in [6, 6.07) is 0. The van der Waals surface area contributed by atoms with Gasteiger partial charge in [0.25, 0.3) is 0 Å². The molecule has 0 spiro atoms. The molecular weight excluding hydrogens is 190 g/mol. The summed E-state index contributed by atoms with van der Waals surface area (Å²) in [5.74, 6) is 0.424. The van der Waals surface area contributed by atoms with Gasteiger partial charge in [-0.3, -0.25) is 9.98 Å². The van der Waals surface area contributed by atoms with E-state index in [2.05, 4.69) is 10.2 Å². The van der Waals surface area contributed by atoms with E-state index in [-0.39, 0.29) is 11.5 Å². The normalized spacial score (nSPS) is 10.2. The zero-order chi connectivity index (χ0) is 9.84. The summed E-state index contributed by atoms with van der Waals surface area (Å²) in [5.41, 5.74) is 4.95. The van der Waals surface area contributed by atoms with Crippen LogP contribution in [0, 0.1) is 5.41 Å². The Bertz CT molecular complexity index is 354. The van der Waals surface area contributed by atoms with Gasteiger partial charge in [0.15, 0.2) is 5.16 Å². The molecule has 0 unspecified atom stereocenters. The van der Waals surface area contributed by atoms with Crippen molar-refractivity contribution < 1.29 is 0 Å². The van der Waals surface area contributed by atoms with Gasteiger partial charge in [0.05, 0.1) is 5.75 Å². The van der Waals surface area contributed by atoms with Gasteiger partial charge in [-0.15, -0.1) is 5.10 Å². The smallest absolute Gasteiger partial charge is 0.343 e. The maximum atomic E-state index is 11.1. The number of nitrogens with zero attached hydrogens (tertiary/aromatic N) is 2. The van der Waals surface area contributed by atoms with Gasteiger partial charge in [-0.2, -0.15) is 0 Å². The first-order valence-corrected chi connectivity index (χ1v) is 4.74. The molecule has 0 saturated heterocycles. The van der Waals surface area contributed by atoms with Crippen LogP contribution >= 0.6 is 11.8 Å². The number of hydrogen-bond donors (Lipinski definition) is 3. The summed E-state index contributed by atoms with van der Waals surface area (Å²) in [7, 11) is 0. The lowest BCUT2D eigenvalue weighted by Crippen LogP contribution is -2.17. The molecule has 0 amide bonds. The van der Waals surface area contributed by atoms with Crippen LogP contribution in [-0.4, -0.2) is 26.4 Å². The molecule has 1 rings (SSSR count). The average Bonchev–Trinajstić information content (AvgIpc) is 2.42. The lowest BCUT2D eigenvalue weighted by Gasteiger charge is -1.99. The largest absolute Gasteiger partial charge is 0.387 e. The molecule has 0 aliphatic rings. The molecule has 1 heterocycles. The van der Waals surface area contributed by atoms with Crippen LogP contribution in [-0.2, 0) is 6.54 Å². The van der Waals surface area contributed by atoms with Crippen LogP contribution in [0.15, 0.2) is 9.95 Å². The van der Waals surface area contributed by atoms with Crippen LogP contribution in [0.3, 0.4) is 0 Å². The van der Waals surface area contributed by atoms with Crippen molar-refractivity contribution >= 4 is 17.6 Å². The fraction of sp³-hybridized carbons (Fsp3) is 0.500. The minimum absolute atomic E-state index is 0.0723. The van der Waals surface area contributed by atoms with Gasteiger partial charge < -0.3 is 5.73 Å². The van der Waals surface area contributed by atoms with E-state index < -0.39 is 0 Å². The van der Waals surface area contributed by atoms with Crippen molar-refractivity contribution in [2.75, 3.05) is 5.75 Å². The van der Waals surface area contributed by atoms with Crippen molar-refractivity contribution in [1.29, 1.82) is 5.41 Å². The zero-order valence-electron chi connectivity index (χ0n) is 7.20. The number of aromatic nitrogens is 3. The quantitative estimate of drug-likeness (QED) is 0.351. The fourth-order valence-electron chi connectivity index (χ4n) is 0.835. The van der Waals surface area contributed by atoms with Crippen LogP contribution in [0.2, 0.25) is 0 Å². The highest BCUT2D eigenvalue weighted by atomic mass is 32.2. The van der Waals surface area contributed by atoms with Gasteiger partial charge in [-0.25, -0.2) is 9.89 Å². The molecule has 72 valence electrons. The molecule has 1 aromatic heterocycles. The van der Waals surface area contributed by atoms with E-state index in [9.17, 15) is 4.79 Å². The molecule has 0 aliphatic heterocycles. The summed E-state index contributed by atoms with van der Waals surface area (Å²) in [5, 5.41) is 13.7. The molecule has 7 heteroatoms. The van der Waals surface area contributed by atoms with E-state index >= 15 is 0 Å². The maximum absolute atomic E-state index is 11.1. The second-order valence-electron chi connectivity index (χ2n) is 2.37. The van der Waals surface area contributed by atoms with Gasteiger partial charge in [-0.1, -0.05) is 11.8 Å². The number of amidine groups is 1. The van der Waals surface area contributed by atoms with Crippen molar-refractivity contribution in [3.63, 3.8) is 0 Å². The Morgan fingerprint density at radius 3 is 3.08 bits per heavy atom. The monoisotopic (exact) mass is 201 g/mol. The van der Waals surface area contributed by atoms with E-state index in [1.54, 1.807) is 0 Å². The van der Waals surface area contributed by atoms with Crippen molar-refractivity contribution in [2.45, 2.75) is 18.6 Å². The average molecular weight is 201 g/mol. The third-order valence-corrected chi connectivity index (χ3v) is 2.42. The first kappa shape index (κ1) is 9.85. The summed E-state index contributed by atoms with van der Waals surface area (Å²) >= 11 is 1.27. The summed E-state index contributed by atoms with van der Waals surface area (Å²) < 4.78 is 1.49. The molecule has 0 fully saturated rings. The van der Waals surface area contributed by atoms with Crippen molar-refractivity contribution in [2.24, 2.45) is 5.73 Å². The molecule has 1 aromatic rings. The highest BCUT2D eigenvalue weighted by molar-refractivity contribution is 7.99. The van der Waals surface area contributed by atoms with Crippen LogP contribution in [0.5, 0.6) is 0 Å². The lowest BCUT2D eigenvalue weighted by molar-refractivity contribution is 0.661. The summed E-state index contributed by atoms with van der Waals surface area (Å²) in [6.07, 6.45) is 0. The number of rotatable bonds is 4. The number of thioether (sulfide) groups is 1. The molecule has 6 nitrogen and oxygen atoms in total. The standard InChI is InChI=1S/C6H11N5OS/c1-2-11-5(12)9-10-6(11)13-3-4(7)8/h2-3H2,1H3,(H3,7,8)(H,9,12). The van der Waals surface area contributed by atoms with Crippen LogP contribution in [0.1, 0.15) is 6.92 Å². The Labute approximate surface area is 79.0 Å². The third-order valence-electron chi connectivity index (χ3n) is 1.40. The van der Waals surface area contributed by atoms with Crippen molar-refractivity contribution in [1.82, 2.24) is 14.8 Å². The Morgan fingerprint density at radius 2 is 2.54 bits per heavy atom. The van der Waals surface area contributed by atoms with Crippen LogP contribution in [0.4, 0.5) is 0 Å². The molecule has 4 N–H and O–H groups in total. The Balaban J connectivity index is 2.76.